The summed E-state index contributed by atoms with van der Waals surface area (Å²) < 4.78 is 9.23. The van der Waals surface area contributed by atoms with Crippen LogP contribution >= 0.6 is 0 Å². The molecule has 0 amide bonds. The Kier molecular flexibility index (Phi) is 7.27. The summed E-state index contributed by atoms with van der Waals surface area (Å²) in [6.45, 7) is 0. The summed E-state index contributed by atoms with van der Waals surface area (Å²) in [5.74, 6) is 1.71. The Morgan fingerprint density at radius 2 is 0.672 bits per heavy atom. The van der Waals surface area contributed by atoms with Crippen molar-refractivity contribution in [3.8, 4) is 34.7 Å². The molecule has 14 aromatic rings. The minimum atomic E-state index is 0.548. The Hall–Kier alpha value is -8.81. The van der Waals surface area contributed by atoms with E-state index in [9.17, 15) is 0 Å². The second-order valence-electron chi connectivity index (χ2n) is 16.4. The normalized spacial score (nSPS) is 12.1. The second kappa shape index (κ2) is 13.3. The van der Waals surface area contributed by atoms with E-state index in [-0.39, 0.29) is 0 Å². The van der Waals surface area contributed by atoms with Gasteiger partial charge in [-0.05, 0) is 66.7 Å². The zero-order valence-electron chi connectivity index (χ0n) is 34.3. The first-order chi connectivity index (χ1) is 31.8. The third-order valence-corrected chi connectivity index (χ3v) is 13.0. The van der Waals surface area contributed by atoms with Crippen molar-refractivity contribution in [3.05, 3.63) is 212 Å². The molecule has 0 unspecified atom stereocenters. The molecule has 0 saturated carbocycles. The topological polar surface area (TPSA) is 58.4 Å². The summed E-state index contributed by atoms with van der Waals surface area (Å²) >= 11 is 0. The lowest BCUT2D eigenvalue weighted by Crippen LogP contribution is -2.10. The van der Waals surface area contributed by atoms with Gasteiger partial charge in [0.05, 0.1) is 49.8 Å². The molecule has 0 aliphatic heterocycles. The summed E-state index contributed by atoms with van der Waals surface area (Å²) in [5.41, 5.74) is 11.9. The van der Waals surface area contributed by atoms with Crippen molar-refractivity contribution >= 4 is 87.2 Å². The molecule has 0 spiro atoms. The molecule has 5 aromatic heterocycles. The van der Waals surface area contributed by atoms with E-state index < -0.39 is 0 Å². The zero-order valence-corrected chi connectivity index (χ0v) is 34.3. The van der Waals surface area contributed by atoms with Crippen LogP contribution in [0.3, 0.4) is 0 Å². The highest BCUT2D eigenvalue weighted by Crippen LogP contribution is 2.41. The molecule has 0 fully saturated rings. The number of hydrogen-bond acceptors (Lipinski definition) is 3. The van der Waals surface area contributed by atoms with Gasteiger partial charge in [-0.25, -0.2) is 0 Å². The van der Waals surface area contributed by atoms with Gasteiger partial charge in [-0.3, -0.25) is 9.13 Å². The quantitative estimate of drug-likeness (QED) is 0.174. The number of nitrogens with zero attached hydrogens (tertiary/aromatic N) is 7. The standard InChI is InChI=1S/C57H35N7/c1-2-17-36(18-3-1)55-58-56(63-48-28-13-6-21-40(48)41-22-7-14-29-49(41)63)60-57(59-55)64-50-30-15-9-24-43(50)54-52(31-16-32-53(54)64)62-47-27-12-8-23-42(47)44-35-37(33-34-51(44)62)61-45-25-10-4-19-38(45)39-20-5-11-26-46(39)61/h1-35H. The van der Waals surface area contributed by atoms with E-state index in [4.69, 9.17) is 15.0 Å². The first kappa shape index (κ1) is 34.9. The van der Waals surface area contributed by atoms with Crippen molar-refractivity contribution < 1.29 is 0 Å². The summed E-state index contributed by atoms with van der Waals surface area (Å²) in [4.78, 5) is 15.9. The van der Waals surface area contributed by atoms with E-state index in [1.807, 2.05) is 18.2 Å². The highest BCUT2D eigenvalue weighted by Gasteiger charge is 2.24. The lowest BCUT2D eigenvalue weighted by Gasteiger charge is -2.13. The maximum Gasteiger partial charge on any atom is 0.240 e. The van der Waals surface area contributed by atoms with Crippen LogP contribution in [0.4, 0.5) is 0 Å². The number of para-hydroxylation sites is 6. The van der Waals surface area contributed by atoms with E-state index in [2.05, 4.69) is 212 Å². The van der Waals surface area contributed by atoms with Gasteiger partial charge >= 0.3 is 0 Å². The molecule has 64 heavy (non-hydrogen) atoms. The summed E-state index contributed by atoms with van der Waals surface area (Å²) in [6.07, 6.45) is 0. The zero-order chi connectivity index (χ0) is 41.9. The van der Waals surface area contributed by atoms with E-state index in [1.165, 1.54) is 32.6 Å². The molecule has 14 rings (SSSR count). The maximum absolute atomic E-state index is 5.41. The van der Waals surface area contributed by atoms with Gasteiger partial charge in [0, 0.05) is 54.3 Å². The van der Waals surface area contributed by atoms with Crippen molar-refractivity contribution in [2.24, 2.45) is 0 Å². The monoisotopic (exact) mass is 817 g/mol. The maximum atomic E-state index is 5.41. The Bertz CT molecular complexity index is 4100. The number of fused-ring (bicyclic) bond motifs is 12. The summed E-state index contributed by atoms with van der Waals surface area (Å²) in [7, 11) is 0. The molecule has 9 aromatic carbocycles. The number of rotatable bonds is 5. The van der Waals surface area contributed by atoms with E-state index >= 15 is 0 Å². The summed E-state index contributed by atoms with van der Waals surface area (Å²) in [5, 5.41) is 9.42. The molecule has 5 heterocycles. The lowest BCUT2D eigenvalue weighted by atomic mass is 10.1. The molecule has 7 nitrogen and oxygen atoms in total. The Morgan fingerprint density at radius 1 is 0.266 bits per heavy atom. The van der Waals surface area contributed by atoms with Crippen molar-refractivity contribution in [2.75, 3.05) is 0 Å². The fraction of sp³-hybridized carbons (Fsp3) is 0. The third-order valence-electron chi connectivity index (χ3n) is 13.0. The van der Waals surface area contributed by atoms with Gasteiger partial charge in [-0.15, -0.1) is 0 Å². The highest BCUT2D eigenvalue weighted by atomic mass is 15.3. The van der Waals surface area contributed by atoms with Crippen molar-refractivity contribution in [3.63, 3.8) is 0 Å². The van der Waals surface area contributed by atoms with Crippen LogP contribution < -0.4 is 0 Å². The fourth-order valence-corrected chi connectivity index (χ4v) is 10.4. The van der Waals surface area contributed by atoms with Crippen LogP contribution in [0.5, 0.6) is 0 Å². The third kappa shape index (κ3) is 4.89. The molecular formula is C57H35N7. The van der Waals surface area contributed by atoms with Gasteiger partial charge < -0.3 is 9.13 Å². The van der Waals surface area contributed by atoms with Crippen molar-refractivity contribution in [2.45, 2.75) is 0 Å². The van der Waals surface area contributed by atoms with Crippen LogP contribution in [0, 0.1) is 0 Å². The van der Waals surface area contributed by atoms with Gasteiger partial charge in [0.15, 0.2) is 5.82 Å². The first-order valence-electron chi connectivity index (χ1n) is 21.6. The van der Waals surface area contributed by atoms with Crippen molar-refractivity contribution in [1.29, 1.82) is 0 Å². The smallest absolute Gasteiger partial charge is 0.240 e. The fourth-order valence-electron chi connectivity index (χ4n) is 10.4. The average molecular weight is 818 g/mol. The van der Waals surface area contributed by atoms with Gasteiger partial charge in [0.2, 0.25) is 11.9 Å². The van der Waals surface area contributed by atoms with Crippen LogP contribution in [-0.2, 0) is 0 Å². The number of aromatic nitrogens is 7. The SMILES string of the molecule is c1ccc(-c2nc(-n3c4ccccc4c4ccccc43)nc(-n3c4ccccc4c4c(-n5c6ccccc6c6cc(-n7c8ccccc8c8ccccc87)ccc65)cccc43)n2)cc1. The molecule has 7 heteroatoms. The van der Waals surface area contributed by atoms with Gasteiger partial charge in [-0.1, -0.05) is 146 Å². The number of hydrogen-bond donors (Lipinski definition) is 0. The largest absolute Gasteiger partial charge is 0.309 e. The molecule has 0 aliphatic rings. The molecule has 298 valence electrons. The Labute approximate surface area is 366 Å². The molecule has 0 aliphatic carbocycles. The molecule has 0 atom stereocenters. The Balaban J connectivity index is 1.04. The van der Waals surface area contributed by atoms with Crippen LogP contribution in [0.1, 0.15) is 0 Å². The van der Waals surface area contributed by atoms with Crippen molar-refractivity contribution in [1.82, 2.24) is 33.2 Å². The predicted octanol–water partition coefficient (Wildman–Crippen LogP) is 13.9. The number of benzene rings is 9. The molecule has 0 radical (unpaired) electrons. The van der Waals surface area contributed by atoms with Gasteiger partial charge in [-0.2, -0.15) is 15.0 Å². The van der Waals surface area contributed by atoms with Gasteiger partial charge in [0.25, 0.3) is 0 Å². The minimum absolute atomic E-state index is 0.548. The molecular weight excluding hydrogens is 783 g/mol. The van der Waals surface area contributed by atoms with Crippen LogP contribution in [0.15, 0.2) is 212 Å². The van der Waals surface area contributed by atoms with E-state index in [1.54, 1.807) is 0 Å². The van der Waals surface area contributed by atoms with Crippen LogP contribution in [0.25, 0.3) is 122 Å². The van der Waals surface area contributed by atoms with Crippen LogP contribution in [-0.4, -0.2) is 33.2 Å². The Morgan fingerprint density at radius 3 is 1.23 bits per heavy atom. The van der Waals surface area contributed by atoms with E-state index in [0.29, 0.717) is 17.7 Å². The molecule has 0 saturated heterocycles. The van der Waals surface area contributed by atoms with Gasteiger partial charge in [0.1, 0.15) is 0 Å². The predicted molar refractivity (Wildman–Crippen MR) is 263 cm³/mol. The lowest BCUT2D eigenvalue weighted by molar-refractivity contribution is 0.893. The van der Waals surface area contributed by atoms with E-state index in [0.717, 1.165) is 71.6 Å². The second-order valence-corrected chi connectivity index (χ2v) is 16.4. The molecule has 0 N–H and O–H groups in total. The first-order valence-corrected chi connectivity index (χ1v) is 21.6. The molecule has 0 bridgehead atoms. The summed E-state index contributed by atoms with van der Waals surface area (Å²) in [6, 6.07) is 75.5. The van der Waals surface area contributed by atoms with Crippen LogP contribution in [0.2, 0.25) is 0 Å². The average Bonchev–Trinajstić information content (AvgIpc) is 4.09. The minimum Gasteiger partial charge on any atom is -0.309 e. The highest BCUT2D eigenvalue weighted by molar-refractivity contribution is 6.17.